The van der Waals surface area contributed by atoms with Gasteiger partial charge in [0.1, 0.15) is 6.61 Å². The molecule has 1 aromatic rings. The van der Waals surface area contributed by atoms with E-state index in [1.165, 1.54) is 12.3 Å². The number of carbonyl (C=O) groups excluding carboxylic acids is 1. The summed E-state index contributed by atoms with van der Waals surface area (Å²) in [6.07, 6.45) is 8.60. The first-order valence-corrected chi connectivity index (χ1v) is 6.70. The summed E-state index contributed by atoms with van der Waals surface area (Å²) < 4.78 is 5.35. The number of pyridine rings is 1. The maximum atomic E-state index is 12.3. The zero-order chi connectivity index (χ0) is 14.4. The summed E-state index contributed by atoms with van der Waals surface area (Å²) in [5, 5.41) is 0. The molecule has 1 atom stereocenters. The van der Waals surface area contributed by atoms with E-state index in [2.05, 4.69) is 10.9 Å². The van der Waals surface area contributed by atoms with E-state index in [0.717, 1.165) is 19.4 Å². The number of hydrogen-bond acceptors (Lipinski definition) is 3. The average Bonchev–Trinajstić information content (AvgIpc) is 2.48. The third-order valence-electron chi connectivity index (χ3n) is 3.38. The first kappa shape index (κ1) is 14.4. The van der Waals surface area contributed by atoms with E-state index in [4.69, 9.17) is 11.2 Å². The third-order valence-corrected chi connectivity index (χ3v) is 3.38. The fourth-order valence-corrected chi connectivity index (χ4v) is 2.40. The molecule has 1 amide bonds. The van der Waals surface area contributed by atoms with Gasteiger partial charge in [0.2, 0.25) is 5.56 Å². The summed E-state index contributed by atoms with van der Waals surface area (Å²) in [7, 11) is 0. The second-order valence-corrected chi connectivity index (χ2v) is 4.92. The van der Waals surface area contributed by atoms with E-state index in [-0.39, 0.29) is 11.5 Å². The Balaban J connectivity index is 1.94. The van der Waals surface area contributed by atoms with Crippen molar-refractivity contribution < 1.29 is 9.53 Å². The van der Waals surface area contributed by atoms with Gasteiger partial charge in [0, 0.05) is 31.3 Å². The van der Waals surface area contributed by atoms with Crippen molar-refractivity contribution in [2.24, 2.45) is 5.92 Å². The lowest BCUT2D eigenvalue weighted by molar-refractivity contribution is 0.0534. The van der Waals surface area contributed by atoms with Gasteiger partial charge < -0.3 is 14.6 Å². The van der Waals surface area contributed by atoms with E-state index in [9.17, 15) is 9.59 Å². The van der Waals surface area contributed by atoms with Crippen LogP contribution < -0.4 is 5.56 Å². The van der Waals surface area contributed by atoms with Gasteiger partial charge >= 0.3 is 0 Å². The number of likely N-dealkylation sites (tertiary alicyclic amines) is 1. The molecule has 2 rings (SSSR count). The number of carbonyl (C=O) groups is 1. The molecule has 0 aliphatic carbocycles. The molecule has 5 nitrogen and oxygen atoms in total. The SMILES string of the molecule is C#CCOCC1CCCN(C(=O)c2ccc(=O)[nH]c2)C1. The highest BCUT2D eigenvalue weighted by Crippen LogP contribution is 2.18. The number of terminal acetylenes is 1. The molecular weight excluding hydrogens is 256 g/mol. The van der Waals surface area contributed by atoms with Gasteiger partial charge in [0.25, 0.3) is 5.91 Å². The molecule has 1 aliphatic rings. The summed E-state index contributed by atoms with van der Waals surface area (Å²) in [6.45, 7) is 2.30. The van der Waals surface area contributed by atoms with Crippen molar-refractivity contribution in [1.29, 1.82) is 0 Å². The number of aromatic nitrogens is 1. The van der Waals surface area contributed by atoms with Crippen molar-refractivity contribution >= 4 is 5.91 Å². The van der Waals surface area contributed by atoms with Gasteiger partial charge in [-0.3, -0.25) is 9.59 Å². The normalized spacial score (nSPS) is 18.6. The standard InChI is InChI=1S/C15H18N2O3/c1-2-8-20-11-12-4-3-7-17(10-12)15(19)13-5-6-14(18)16-9-13/h1,5-6,9,12H,3-4,7-8,10-11H2,(H,16,18). The van der Waals surface area contributed by atoms with E-state index in [1.807, 2.05) is 0 Å². The number of ether oxygens (including phenoxy) is 1. The highest BCUT2D eigenvalue weighted by molar-refractivity contribution is 5.93. The molecule has 5 heteroatoms. The molecule has 1 aliphatic heterocycles. The molecule has 1 fully saturated rings. The number of amides is 1. The van der Waals surface area contributed by atoms with Gasteiger partial charge in [0.05, 0.1) is 12.2 Å². The van der Waals surface area contributed by atoms with Crippen LogP contribution >= 0.6 is 0 Å². The minimum atomic E-state index is -0.208. The Morgan fingerprint density at radius 2 is 2.40 bits per heavy atom. The van der Waals surface area contributed by atoms with E-state index in [1.54, 1.807) is 11.0 Å². The number of rotatable bonds is 4. The number of piperidine rings is 1. The fraction of sp³-hybridized carbons (Fsp3) is 0.467. The van der Waals surface area contributed by atoms with Crippen molar-refractivity contribution in [3.05, 3.63) is 34.2 Å². The maximum Gasteiger partial charge on any atom is 0.255 e. The number of hydrogen-bond donors (Lipinski definition) is 1. The van der Waals surface area contributed by atoms with E-state index in [0.29, 0.717) is 31.2 Å². The summed E-state index contributed by atoms with van der Waals surface area (Å²) in [6, 6.07) is 2.92. The van der Waals surface area contributed by atoms with Crippen LogP contribution in [-0.4, -0.2) is 42.1 Å². The number of aromatic amines is 1. The fourth-order valence-electron chi connectivity index (χ4n) is 2.40. The monoisotopic (exact) mass is 274 g/mol. The van der Waals surface area contributed by atoms with Crippen LogP contribution in [0.25, 0.3) is 0 Å². The Hall–Kier alpha value is -2.06. The second kappa shape index (κ2) is 6.92. The zero-order valence-electron chi connectivity index (χ0n) is 11.3. The summed E-state index contributed by atoms with van der Waals surface area (Å²) in [4.78, 5) is 27.7. The molecule has 0 radical (unpaired) electrons. The van der Waals surface area contributed by atoms with Crippen molar-refractivity contribution in [1.82, 2.24) is 9.88 Å². The van der Waals surface area contributed by atoms with Gasteiger partial charge in [-0.15, -0.1) is 6.42 Å². The molecule has 1 N–H and O–H groups in total. The lowest BCUT2D eigenvalue weighted by atomic mass is 9.98. The van der Waals surface area contributed by atoms with Crippen molar-refractivity contribution in [2.45, 2.75) is 12.8 Å². The lowest BCUT2D eigenvalue weighted by Crippen LogP contribution is -2.41. The van der Waals surface area contributed by atoms with Crippen molar-refractivity contribution in [3.63, 3.8) is 0 Å². The summed E-state index contributed by atoms with van der Waals surface area (Å²) in [5.74, 6) is 2.71. The molecule has 106 valence electrons. The molecular formula is C15H18N2O3. The Kier molecular flexibility index (Phi) is 4.97. The molecule has 0 aromatic carbocycles. The van der Waals surface area contributed by atoms with Crippen molar-refractivity contribution in [2.75, 3.05) is 26.3 Å². The predicted molar refractivity (Wildman–Crippen MR) is 75.3 cm³/mol. The topological polar surface area (TPSA) is 62.4 Å². The quantitative estimate of drug-likeness (QED) is 0.655. The first-order valence-electron chi connectivity index (χ1n) is 6.70. The maximum absolute atomic E-state index is 12.3. The van der Waals surface area contributed by atoms with Crippen LogP contribution in [-0.2, 0) is 4.74 Å². The van der Waals surface area contributed by atoms with Gasteiger partial charge in [-0.05, 0) is 18.9 Å². The summed E-state index contributed by atoms with van der Waals surface area (Å²) in [5.41, 5.74) is 0.301. The molecule has 0 bridgehead atoms. The highest BCUT2D eigenvalue weighted by Gasteiger charge is 2.24. The molecule has 1 aromatic heterocycles. The first-order chi connectivity index (χ1) is 9.70. The van der Waals surface area contributed by atoms with Crippen LogP contribution in [0, 0.1) is 18.3 Å². The van der Waals surface area contributed by atoms with Gasteiger partial charge in [0.15, 0.2) is 0 Å². The molecule has 1 saturated heterocycles. The zero-order valence-corrected chi connectivity index (χ0v) is 11.3. The number of nitrogens with one attached hydrogen (secondary N) is 1. The average molecular weight is 274 g/mol. The van der Waals surface area contributed by atoms with Crippen LogP contribution in [0.3, 0.4) is 0 Å². The summed E-state index contributed by atoms with van der Waals surface area (Å²) >= 11 is 0. The van der Waals surface area contributed by atoms with Crippen LogP contribution in [0.5, 0.6) is 0 Å². The number of nitrogens with zero attached hydrogens (tertiary/aromatic N) is 1. The molecule has 0 spiro atoms. The molecule has 1 unspecified atom stereocenters. The van der Waals surface area contributed by atoms with Gasteiger partial charge in [-0.2, -0.15) is 0 Å². The Labute approximate surface area is 117 Å². The molecule has 20 heavy (non-hydrogen) atoms. The Bertz CT molecular complexity index is 538. The Morgan fingerprint density at radius 3 is 3.10 bits per heavy atom. The van der Waals surface area contributed by atoms with Gasteiger partial charge in [-0.25, -0.2) is 0 Å². The third kappa shape index (κ3) is 3.72. The number of H-pyrrole nitrogens is 1. The minimum absolute atomic E-state index is 0.0529. The molecule has 0 saturated carbocycles. The van der Waals surface area contributed by atoms with Crippen molar-refractivity contribution in [3.8, 4) is 12.3 Å². The minimum Gasteiger partial charge on any atom is -0.368 e. The van der Waals surface area contributed by atoms with Gasteiger partial charge in [-0.1, -0.05) is 5.92 Å². The largest absolute Gasteiger partial charge is 0.368 e. The Morgan fingerprint density at radius 1 is 1.55 bits per heavy atom. The van der Waals surface area contributed by atoms with E-state index < -0.39 is 0 Å². The molecule has 2 heterocycles. The smallest absolute Gasteiger partial charge is 0.255 e. The van der Waals surface area contributed by atoms with Crippen LogP contribution in [0.15, 0.2) is 23.1 Å². The van der Waals surface area contributed by atoms with E-state index >= 15 is 0 Å². The van der Waals surface area contributed by atoms with Crippen LogP contribution in [0.4, 0.5) is 0 Å². The lowest BCUT2D eigenvalue weighted by Gasteiger charge is -2.32. The second-order valence-electron chi connectivity index (χ2n) is 4.92. The van der Waals surface area contributed by atoms with Crippen LogP contribution in [0.1, 0.15) is 23.2 Å². The van der Waals surface area contributed by atoms with Crippen LogP contribution in [0.2, 0.25) is 0 Å². The highest BCUT2D eigenvalue weighted by atomic mass is 16.5. The predicted octanol–water partition coefficient (Wildman–Crippen LogP) is 0.877.